The molecular weight excluding hydrogens is 365 g/mol. The first-order chi connectivity index (χ1) is 12.0. The van der Waals surface area contributed by atoms with Crippen molar-refractivity contribution in [3.05, 3.63) is 64.2 Å². The van der Waals surface area contributed by atoms with E-state index in [2.05, 4.69) is 5.32 Å². The quantitative estimate of drug-likeness (QED) is 0.636. The van der Waals surface area contributed by atoms with Gasteiger partial charge in [0.05, 0.1) is 28.9 Å². The number of aliphatic hydroxyl groups is 1. The number of alkyl halides is 3. The van der Waals surface area contributed by atoms with Gasteiger partial charge in [-0.1, -0.05) is 41.9 Å². The topological polar surface area (TPSA) is 58.3 Å². The number of nitrogens with one attached hydrogen (secondary N) is 1. The van der Waals surface area contributed by atoms with Crippen molar-refractivity contribution in [2.45, 2.75) is 38.0 Å². The summed E-state index contributed by atoms with van der Waals surface area (Å²) in [5.41, 5.74) is 4.81. The largest absolute Gasteiger partial charge is 0.418 e. The number of aliphatic hydroxyl groups excluding tert-OH is 1. The molecule has 142 valence electrons. The Balaban J connectivity index is 2.29. The zero-order chi connectivity index (χ0) is 19.5. The molecule has 2 aromatic rings. The van der Waals surface area contributed by atoms with Gasteiger partial charge in [-0.2, -0.15) is 13.2 Å². The van der Waals surface area contributed by atoms with Crippen LogP contribution in [0.3, 0.4) is 0 Å². The maximum Gasteiger partial charge on any atom is 0.418 e. The number of hydrogen-bond donors (Lipinski definition) is 3. The van der Waals surface area contributed by atoms with Gasteiger partial charge in [-0.25, -0.2) is 0 Å². The molecule has 1 atom stereocenters. The molecule has 0 aliphatic carbocycles. The fraction of sp³-hybridized carbons (Fsp3) is 0.368. The molecule has 3 nitrogen and oxygen atoms in total. The summed E-state index contributed by atoms with van der Waals surface area (Å²) in [7, 11) is 0. The Morgan fingerprint density at radius 3 is 2.31 bits per heavy atom. The van der Waals surface area contributed by atoms with E-state index in [-0.39, 0.29) is 17.2 Å². The molecule has 4 N–H and O–H groups in total. The van der Waals surface area contributed by atoms with Crippen LogP contribution >= 0.6 is 11.6 Å². The van der Waals surface area contributed by atoms with E-state index in [0.29, 0.717) is 6.42 Å². The van der Waals surface area contributed by atoms with Crippen LogP contribution in [-0.4, -0.2) is 17.3 Å². The molecule has 1 unspecified atom stereocenters. The van der Waals surface area contributed by atoms with Crippen molar-refractivity contribution in [2.75, 3.05) is 12.3 Å². The van der Waals surface area contributed by atoms with Crippen molar-refractivity contribution in [3.8, 4) is 0 Å². The van der Waals surface area contributed by atoms with Crippen molar-refractivity contribution >= 4 is 17.3 Å². The number of anilines is 1. The van der Waals surface area contributed by atoms with Crippen LogP contribution in [0.25, 0.3) is 0 Å². The van der Waals surface area contributed by atoms with Crippen LogP contribution in [0, 0.1) is 0 Å². The van der Waals surface area contributed by atoms with Gasteiger partial charge in [0.25, 0.3) is 0 Å². The lowest BCUT2D eigenvalue weighted by molar-refractivity contribution is -0.137. The standard InChI is InChI=1S/C19H22ClF3N2O/c1-18(2,10-12-6-4-3-5-7-12)25-16(11-26)13-8-14(19(21,22)23)17(24)15(20)9-13/h3-9,16,25-26H,10-11,24H2,1-2H3. The highest BCUT2D eigenvalue weighted by Gasteiger charge is 2.35. The number of halogens is 4. The predicted octanol–water partition coefficient (Wildman–Crippen LogP) is 4.59. The Kier molecular flexibility index (Phi) is 6.21. The van der Waals surface area contributed by atoms with Crippen LogP contribution in [0.4, 0.5) is 18.9 Å². The number of rotatable bonds is 6. The van der Waals surface area contributed by atoms with E-state index in [1.807, 2.05) is 44.2 Å². The van der Waals surface area contributed by atoms with Crippen LogP contribution in [0.5, 0.6) is 0 Å². The lowest BCUT2D eigenvalue weighted by Crippen LogP contribution is -2.44. The van der Waals surface area contributed by atoms with Crippen molar-refractivity contribution in [1.82, 2.24) is 5.32 Å². The van der Waals surface area contributed by atoms with Gasteiger partial charge < -0.3 is 16.2 Å². The second-order valence-electron chi connectivity index (χ2n) is 6.89. The molecule has 0 radical (unpaired) electrons. The van der Waals surface area contributed by atoms with Gasteiger partial charge in [-0.3, -0.25) is 0 Å². The molecular formula is C19H22ClF3N2O. The predicted molar refractivity (Wildman–Crippen MR) is 98.1 cm³/mol. The summed E-state index contributed by atoms with van der Waals surface area (Å²) in [5.74, 6) is 0. The molecule has 0 saturated heterocycles. The highest BCUT2D eigenvalue weighted by molar-refractivity contribution is 6.33. The number of hydrogen-bond acceptors (Lipinski definition) is 3. The minimum absolute atomic E-state index is 0.184. The Bertz CT molecular complexity index is 748. The summed E-state index contributed by atoms with van der Waals surface area (Å²) in [6.45, 7) is 3.47. The molecule has 7 heteroatoms. The van der Waals surface area contributed by atoms with Gasteiger partial charge in [0.2, 0.25) is 0 Å². The SMILES string of the molecule is CC(C)(Cc1ccccc1)NC(CO)c1cc(Cl)c(N)c(C(F)(F)F)c1. The Morgan fingerprint density at radius 1 is 1.15 bits per heavy atom. The lowest BCUT2D eigenvalue weighted by atomic mass is 9.92. The van der Waals surface area contributed by atoms with Crippen molar-refractivity contribution in [2.24, 2.45) is 0 Å². The molecule has 2 rings (SSSR count). The van der Waals surface area contributed by atoms with Gasteiger partial charge in [-0.15, -0.1) is 0 Å². The van der Waals surface area contributed by atoms with Crippen LogP contribution < -0.4 is 11.1 Å². The van der Waals surface area contributed by atoms with E-state index < -0.39 is 29.0 Å². The Morgan fingerprint density at radius 2 is 1.77 bits per heavy atom. The van der Waals surface area contributed by atoms with E-state index in [1.165, 1.54) is 6.07 Å². The summed E-state index contributed by atoms with van der Waals surface area (Å²) in [5, 5.41) is 12.8. The molecule has 2 aromatic carbocycles. The molecule has 0 bridgehead atoms. The molecule has 0 saturated carbocycles. The van der Waals surface area contributed by atoms with E-state index in [9.17, 15) is 18.3 Å². The maximum atomic E-state index is 13.2. The second-order valence-corrected chi connectivity index (χ2v) is 7.29. The van der Waals surface area contributed by atoms with Gasteiger partial charge >= 0.3 is 6.18 Å². The smallest absolute Gasteiger partial charge is 0.397 e. The molecule has 0 aliphatic rings. The summed E-state index contributed by atoms with van der Waals surface area (Å²) < 4.78 is 39.5. The van der Waals surface area contributed by atoms with Crippen LogP contribution in [0.15, 0.2) is 42.5 Å². The minimum atomic E-state index is -4.62. The van der Waals surface area contributed by atoms with E-state index in [1.54, 1.807) is 0 Å². The summed E-state index contributed by atoms with van der Waals surface area (Å²) in [6, 6.07) is 11.3. The molecule has 0 aromatic heterocycles. The van der Waals surface area contributed by atoms with Gasteiger partial charge in [0.1, 0.15) is 0 Å². The fourth-order valence-corrected chi connectivity index (χ4v) is 3.17. The zero-order valence-electron chi connectivity index (χ0n) is 14.6. The Labute approximate surface area is 156 Å². The van der Waals surface area contributed by atoms with Crippen LogP contribution in [0.1, 0.15) is 36.6 Å². The van der Waals surface area contributed by atoms with Crippen molar-refractivity contribution < 1.29 is 18.3 Å². The van der Waals surface area contributed by atoms with Crippen molar-refractivity contribution in [3.63, 3.8) is 0 Å². The molecule has 0 aliphatic heterocycles. The number of nitrogens with two attached hydrogens (primary N) is 1. The Hall–Kier alpha value is -1.76. The average Bonchev–Trinajstić information content (AvgIpc) is 2.54. The first kappa shape index (κ1) is 20.6. The third-order valence-corrected chi connectivity index (χ3v) is 4.41. The van der Waals surface area contributed by atoms with Gasteiger partial charge in [-0.05, 0) is 43.5 Å². The fourth-order valence-electron chi connectivity index (χ4n) is 2.94. The van der Waals surface area contributed by atoms with Crippen LogP contribution in [-0.2, 0) is 12.6 Å². The first-order valence-corrected chi connectivity index (χ1v) is 8.50. The molecule has 0 heterocycles. The third kappa shape index (κ3) is 5.13. The third-order valence-electron chi connectivity index (χ3n) is 4.10. The summed E-state index contributed by atoms with van der Waals surface area (Å²) in [6.07, 6.45) is -3.98. The van der Waals surface area contributed by atoms with E-state index in [0.717, 1.165) is 11.6 Å². The highest BCUT2D eigenvalue weighted by atomic mass is 35.5. The molecule has 26 heavy (non-hydrogen) atoms. The minimum Gasteiger partial charge on any atom is -0.397 e. The normalized spacial score (nSPS) is 13.7. The van der Waals surface area contributed by atoms with Crippen LogP contribution in [0.2, 0.25) is 5.02 Å². The highest BCUT2D eigenvalue weighted by Crippen LogP contribution is 2.39. The second kappa shape index (κ2) is 7.86. The summed E-state index contributed by atoms with van der Waals surface area (Å²) in [4.78, 5) is 0. The summed E-state index contributed by atoms with van der Waals surface area (Å²) >= 11 is 5.89. The molecule has 0 amide bonds. The van der Waals surface area contributed by atoms with Gasteiger partial charge in [0, 0.05) is 5.54 Å². The number of nitrogen functional groups attached to an aromatic ring is 1. The monoisotopic (exact) mass is 386 g/mol. The molecule has 0 spiro atoms. The average molecular weight is 387 g/mol. The van der Waals surface area contributed by atoms with E-state index in [4.69, 9.17) is 17.3 Å². The lowest BCUT2D eigenvalue weighted by Gasteiger charge is -2.32. The van der Waals surface area contributed by atoms with Crippen molar-refractivity contribution in [1.29, 1.82) is 0 Å². The maximum absolute atomic E-state index is 13.2. The zero-order valence-corrected chi connectivity index (χ0v) is 15.3. The number of benzene rings is 2. The van der Waals surface area contributed by atoms with Gasteiger partial charge in [0.15, 0.2) is 0 Å². The first-order valence-electron chi connectivity index (χ1n) is 8.12. The van der Waals surface area contributed by atoms with E-state index >= 15 is 0 Å². The molecule has 0 fully saturated rings.